The number of ether oxygens (including phenoxy) is 1. The van der Waals surface area contributed by atoms with Crippen molar-refractivity contribution in [3.8, 4) is 5.75 Å². The molecule has 1 N–H and O–H groups in total. The fourth-order valence-electron chi connectivity index (χ4n) is 3.76. The number of nitrogens with zero attached hydrogens (tertiary/aromatic N) is 1. The van der Waals surface area contributed by atoms with Crippen molar-refractivity contribution in [2.45, 2.75) is 13.1 Å². The molecule has 35 heavy (non-hydrogen) atoms. The molecule has 0 spiro atoms. The predicted octanol–water partition coefficient (Wildman–Crippen LogP) is 5.83. The Morgan fingerprint density at radius 2 is 1.71 bits per heavy atom. The van der Waals surface area contributed by atoms with Crippen molar-refractivity contribution in [3.63, 3.8) is 0 Å². The largest absolute Gasteiger partial charge is 0.467 e. The van der Waals surface area contributed by atoms with Gasteiger partial charge >= 0.3 is 0 Å². The summed E-state index contributed by atoms with van der Waals surface area (Å²) in [4.78, 5) is 27.5. The molecule has 0 saturated carbocycles. The van der Waals surface area contributed by atoms with Crippen LogP contribution in [0.3, 0.4) is 0 Å². The summed E-state index contributed by atoms with van der Waals surface area (Å²) in [5, 5.41) is 3.45. The van der Waals surface area contributed by atoms with E-state index in [2.05, 4.69) is 5.32 Å². The van der Waals surface area contributed by atoms with Crippen molar-refractivity contribution in [2.75, 3.05) is 4.90 Å². The summed E-state index contributed by atoms with van der Waals surface area (Å²) >= 11 is 6.01. The number of hydrogen-bond donors (Lipinski definition) is 1. The van der Waals surface area contributed by atoms with Gasteiger partial charge in [-0.25, -0.2) is 0 Å². The third kappa shape index (κ3) is 5.13. The minimum absolute atomic E-state index is 0.202. The van der Waals surface area contributed by atoms with Crippen LogP contribution in [-0.4, -0.2) is 11.8 Å². The lowest BCUT2D eigenvalue weighted by molar-refractivity contribution is -0.117. The lowest BCUT2D eigenvalue weighted by Crippen LogP contribution is -2.36. The number of carbonyl (C=O) groups excluding carboxylic acids is 2. The van der Waals surface area contributed by atoms with Crippen LogP contribution in [0.1, 0.15) is 27.2 Å². The maximum Gasteiger partial charge on any atom is 0.294 e. The first-order chi connectivity index (χ1) is 17.1. The van der Waals surface area contributed by atoms with Crippen molar-refractivity contribution in [1.82, 2.24) is 5.32 Å². The first-order valence-corrected chi connectivity index (χ1v) is 11.4. The number of nitrogens with one attached hydrogen (secondary N) is 1. The van der Waals surface area contributed by atoms with Crippen molar-refractivity contribution < 1.29 is 18.7 Å². The molecule has 2 heterocycles. The van der Waals surface area contributed by atoms with E-state index in [1.807, 2.05) is 36.4 Å². The molecule has 0 unspecified atom stereocenters. The number of carbonyl (C=O) groups is 2. The molecule has 0 bridgehead atoms. The fraction of sp³-hybridized carbons (Fsp3) is 0.0714. The minimum Gasteiger partial charge on any atom is -0.467 e. The molecule has 0 saturated heterocycles. The lowest BCUT2D eigenvalue weighted by atomic mass is 10.1. The number of para-hydroxylation sites is 2. The Hall–Kier alpha value is -4.29. The normalized spacial score (nSPS) is 13.9. The van der Waals surface area contributed by atoms with Gasteiger partial charge in [-0.3, -0.25) is 14.5 Å². The van der Waals surface area contributed by atoms with Gasteiger partial charge in [0.25, 0.3) is 11.8 Å². The molecule has 4 aromatic rings. The first-order valence-electron chi connectivity index (χ1n) is 11.0. The molecule has 3 aromatic carbocycles. The Balaban J connectivity index is 1.35. The van der Waals surface area contributed by atoms with Crippen LogP contribution in [0, 0.1) is 0 Å². The monoisotopic (exact) mass is 484 g/mol. The quantitative estimate of drug-likeness (QED) is 0.349. The maximum atomic E-state index is 13.4. The van der Waals surface area contributed by atoms with Crippen molar-refractivity contribution in [1.29, 1.82) is 0 Å². The fourth-order valence-corrected chi connectivity index (χ4v) is 3.88. The van der Waals surface area contributed by atoms with Gasteiger partial charge in [0.15, 0.2) is 11.5 Å². The van der Waals surface area contributed by atoms with Crippen LogP contribution in [0.4, 0.5) is 5.69 Å². The van der Waals surface area contributed by atoms with Crippen molar-refractivity contribution in [3.05, 3.63) is 124 Å². The highest BCUT2D eigenvalue weighted by Crippen LogP contribution is 2.36. The third-order valence-electron chi connectivity index (χ3n) is 5.56. The highest BCUT2D eigenvalue weighted by atomic mass is 35.5. The van der Waals surface area contributed by atoms with Crippen LogP contribution in [-0.2, 0) is 17.9 Å². The summed E-state index contributed by atoms with van der Waals surface area (Å²) in [5.74, 6) is 1.01. The number of benzene rings is 3. The summed E-state index contributed by atoms with van der Waals surface area (Å²) < 4.78 is 11.2. The van der Waals surface area contributed by atoms with Gasteiger partial charge in [0.2, 0.25) is 0 Å². The van der Waals surface area contributed by atoms with E-state index in [4.69, 9.17) is 20.8 Å². The van der Waals surface area contributed by atoms with Crippen LogP contribution in [0.2, 0.25) is 5.02 Å². The SMILES string of the molecule is O=C(NCc1ccco1)c1ccc(/C=C2\Oc3ccccc3N(Cc3ccc(Cl)cc3)C2=O)cc1. The van der Waals surface area contributed by atoms with E-state index >= 15 is 0 Å². The van der Waals surface area contributed by atoms with Gasteiger partial charge in [-0.2, -0.15) is 0 Å². The molecule has 0 fully saturated rings. The Labute approximate surface area is 207 Å². The number of furan rings is 1. The van der Waals surface area contributed by atoms with Gasteiger partial charge in [0.05, 0.1) is 25.0 Å². The molecule has 2 amide bonds. The zero-order valence-corrected chi connectivity index (χ0v) is 19.4. The summed E-state index contributed by atoms with van der Waals surface area (Å²) in [7, 11) is 0. The smallest absolute Gasteiger partial charge is 0.294 e. The van der Waals surface area contributed by atoms with E-state index in [0.29, 0.717) is 40.9 Å². The van der Waals surface area contributed by atoms with Gasteiger partial charge in [-0.05, 0) is 65.7 Å². The van der Waals surface area contributed by atoms with Crippen LogP contribution in [0.25, 0.3) is 6.08 Å². The Morgan fingerprint density at radius 3 is 2.46 bits per heavy atom. The summed E-state index contributed by atoms with van der Waals surface area (Å²) in [5.41, 5.74) is 2.89. The molecule has 7 heteroatoms. The molecule has 0 aliphatic carbocycles. The van der Waals surface area contributed by atoms with E-state index in [1.54, 1.807) is 65.8 Å². The van der Waals surface area contributed by atoms with E-state index in [9.17, 15) is 9.59 Å². The average molecular weight is 485 g/mol. The van der Waals surface area contributed by atoms with Gasteiger partial charge in [0.1, 0.15) is 5.76 Å². The standard InChI is InChI=1S/C28H21ClN2O4/c29-22-13-9-20(10-14-22)18-31-24-5-1-2-6-25(24)35-26(28(31)33)16-19-7-11-21(12-8-19)27(32)30-17-23-4-3-15-34-23/h1-16H,17-18H2,(H,30,32)/b26-16-. The predicted molar refractivity (Wildman–Crippen MR) is 134 cm³/mol. The Kier molecular flexibility index (Phi) is 6.37. The van der Waals surface area contributed by atoms with Crippen molar-refractivity contribution in [2.24, 2.45) is 0 Å². The minimum atomic E-state index is -0.251. The van der Waals surface area contributed by atoms with Gasteiger partial charge in [-0.15, -0.1) is 0 Å². The molecule has 1 aromatic heterocycles. The number of anilines is 1. The first kappa shape index (κ1) is 22.5. The van der Waals surface area contributed by atoms with E-state index < -0.39 is 0 Å². The average Bonchev–Trinajstić information content (AvgIpc) is 3.40. The second kappa shape index (κ2) is 9.91. The van der Waals surface area contributed by atoms with Gasteiger partial charge in [0, 0.05) is 10.6 Å². The third-order valence-corrected chi connectivity index (χ3v) is 5.81. The number of halogens is 1. The topological polar surface area (TPSA) is 71.8 Å². The molecule has 5 rings (SSSR count). The van der Waals surface area contributed by atoms with Crippen LogP contribution < -0.4 is 15.0 Å². The molecular formula is C28H21ClN2O4. The van der Waals surface area contributed by atoms with Crippen molar-refractivity contribution >= 4 is 35.2 Å². The van der Waals surface area contributed by atoms with E-state index in [1.165, 1.54) is 0 Å². The van der Waals surface area contributed by atoms with E-state index in [0.717, 1.165) is 11.1 Å². The maximum absolute atomic E-state index is 13.4. The highest BCUT2D eigenvalue weighted by Gasteiger charge is 2.30. The van der Waals surface area contributed by atoms with Gasteiger partial charge < -0.3 is 14.5 Å². The lowest BCUT2D eigenvalue weighted by Gasteiger charge is -2.30. The van der Waals surface area contributed by atoms with Crippen LogP contribution in [0.15, 0.2) is 101 Å². The van der Waals surface area contributed by atoms with Gasteiger partial charge in [-0.1, -0.05) is 48.0 Å². The molecule has 1 aliphatic rings. The highest BCUT2D eigenvalue weighted by molar-refractivity contribution is 6.30. The number of rotatable bonds is 6. The summed E-state index contributed by atoms with van der Waals surface area (Å²) in [6, 6.07) is 25.3. The second-order valence-corrected chi connectivity index (χ2v) is 8.42. The van der Waals surface area contributed by atoms with Crippen LogP contribution in [0.5, 0.6) is 5.75 Å². The molecule has 6 nitrogen and oxygen atoms in total. The summed E-state index contributed by atoms with van der Waals surface area (Å²) in [6.45, 7) is 0.686. The number of hydrogen-bond acceptors (Lipinski definition) is 4. The molecule has 174 valence electrons. The second-order valence-electron chi connectivity index (χ2n) is 7.98. The molecule has 0 radical (unpaired) electrons. The number of fused-ring (bicyclic) bond motifs is 1. The molecule has 0 atom stereocenters. The van der Waals surface area contributed by atoms with E-state index in [-0.39, 0.29) is 17.6 Å². The molecule has 1 aliphatic heterocycles. The Bertz CT molecular complexity index is 1380. The zero-order chi connectivity index (χ0) is 24.2. The number of amides is 2. The van der Waals surface area contributed by atoms with Crippen LogP contribution >= 0.6 is 11.6 Å². The zero-order valence-electron chi connectivity index (χ0n) is 18.6. The summed E-state index contributed by atoms with van der Waals surface area (Å²) in [6.07, 6.45) is 3.24. The Morgan fingerprint density at radius 1 is 0.943 bits per heavy atom. The molecular weight excluding hydrogens is 464 g/mol.